The molecular formula is C14H14F3NO2. The number of alkyl halides is 3. The number of halogens is 3. The van der Waals surface area contributed by atoms with Gasteiger partial charge in [0.15, 0.2) is 0 Å². The van der Waals surface area contributed by atoms with Crippen LogP contribution in [-0.2, 0) is 6.18 Å². The first kappa shape index (κ1) is 14.6. The maximum absolute atomic E-state index is 12.8. The highest BCUT2D eigenvalue weighted by Crippen LogP contribution is 2.32. The minimum Gasteiger partial charge on any atom is -0.396 e. The highest BCUT2D eigenvalue weighted by Gasteiger charge is 2.35. The Morgan fingerprint density at radius 3 is 2.60 bits per heavy atom. The number of aliphatic hydroxyl groups excluding tert-OH is 1. The van der Waals surface area contributed by atoms with Crippen molar-refractivity contribution < 1.29 is 23.1 Å². The molecule has 0 aliphatic heterocycles. The van der Waals surface area contributed by atoms with Crippen LogP contribution in [0, 0.1) is 5.92 Å². The third kappa shape index (κ3) is 3.19. The number of hydrogen-bond donors (Lipinski definition) is 2. The molecule has 0 saturated carbocycles. The molecule has 0 heterocycles. The van der Waals surface area contributed by atoms with Gasteiger partial charge < -0.3 is 10.4 Å². The first-order valence-corrected chi connectivity index (χ1v) is 6.18. The number of carbonyl (C=O) groups excluding carboxylic acids is 1. The molecule has 1 aliphatic rings. The molecule has 2 rings (SSSR count). The molecule has 2 N–H and O–H groups in total. The molecule has 0 radical (unpaired) electrons. The van der Waals surface area contributed by atoms with Crippen molar-refractivity contribution >= 4 is 5.91 Å². The summed E-state index contributed by atoms with van der Waals surface area (Å²) < 4.78 is 38.4. The lowest BCUT2D eigenvalue weighted by molar-refractivity contribution is -0.137. The van der Waals surface area contributed by atoms with Gasteiger partial charge in [-0.3, -0.25) is 4.79 Å². The molecule has 6 heteroatoms. The van der Waals surface area contributed by atoms with E-state index in [2.05, 4.69) is 5.32 Å². The molecule has 0 saturated heterocycles. The zero-order chi connectivity index (χ0) is 14.8. The number of amides is 1. The Morgan fingerprint density at radius 2 is 2.00 bits per heavy atom. The van der Waals surface area contributed by atoms with Gasteiger partial charge in [0.05, 0.1) is 11.1 Å². The number of hydrogen-bond acceptors (Lipinski definition) is 2. The van der Waals surface area contributed by atoms with Crippen molar-refractivity contribution in [2.75, 3.05) is 6.61 Å². The number of nitrogens with one attached hydrogen (secondary N) is 1. The predicted octanol–water partition coefficient (Wildman–Crippen LogP) is 2.37. The zero-order valence-corrected chi connectivity index (χ0v) is 10.5. The Balaban J connectivity index is 2.13. The molecular weight excluding hydrogens is 271 g/mol. The van der Waals surface area contributed by atoms with Gasteiger partial charge in [0.2, 0.25) is 0 Å². The molecule has 0 fully saturated rings. The van der Waals surface area contributed by atoms with E-state index < -0.39 is 17.6 Å². The highest BCUT2D eigenvalue weighted by molar-refractivity contribution is 5.96. The van der Waals surface area contributed by atoms with Crippen LogP contribution in [0.15, 0.2) is 36.4 Å². The van der Waals surface area contributed by atoms with E-state index in [-0.39, 0.29) is 24.1 Å². The van der Waals surface area contributed by atoms with Gasteiger partial charge in [0.1, 0.15) is 0 Å². The van der Waals surface area contributed by atoms with Crippen molar-refractivity contribution in [1.29, 1.82) is 0 Å². The lowest BCUT2D eigenvalue weighted by Crippen LogP contribution is -2.34. The lowest BCUT2D eigenvalue weighted by atomic mass is 10.1. The largest absolute Gasteiger partial charge is 0.417 e. The first-order chi connectivity index (χ1) is 9.41. The van der Waals surface area contributed by atoms with Crippen LogP contribution in [0.3, 0.4) is 0 Å². The number of aliphatic hydroxyl groups is 1. The van der Waals surface area contributed by atoms with Crippen molar-refractivity contribution in [3.05, 3.63) is 47.5 Å². The molecule has 0 spiro atoms. The second-order valence-electron chi connectivity index (χ2n) is 4.69. The summed E-state index contributed by atoms with van der Waals surface area (Å²) in [7, 11) is 0. The van der Waals surface area contributed by atoms with Crippen LogP contribution >= 0.6 is 0 Å². The van der Waals surface area contributed by atoms with Crippen molar-refractivity contribution in [3.63, 3.8) is 0 Å². The predicted molar refractivity (Wildman–Crippen MR) is 67.0 cm³/mol. The van der Waals surface area contributed by atoms with E-state index in [1.807, 2.05) is 0 Å². The van der Waals surface area contributed by atoms with E-state index in [4.69, 9.17) is 5.11 Å². The van der Waals surface area contributed by atoms with E-state index in [1.165, 1.54) is 12.1 Å². The lowest BCUT2D eigenvalue weighted by Gasteiger charge is -2.16. The Morgan fingerprint density at radius 1 is 1.30 bits per heavy atom. The van der Waals surface area contributed by atoms with E-state index in [9.17, 15) is 18.0 Å². The van der Waals surface area contributed by atoms with Gasteiger partial charge in [-0.2, -0.15) is 13.2 Å². The third-order valence-electron chi connectivity index (χ3n) is 3.20. The Labute approximate surface area is 114 Å². The fourth-order valence-corrected chi connectivity index (χ4v) is 2.19. The Hall–Kier alpha value is -1.82. The molecule has 0 unspecified atom stereocenters. The summed E-state index contributed by atoms with van der Waals surface area (Å²) in [6, 6.07) is 4.33. The minimum atomic E-state index is -4.56. The zero-order valence-electron chi connectivity index (χ0n) is 10.5. The molecule has 1 aromatic carbocycles. The van der Waals surface area contributed by atoms with E-state index in [0.29, 0.717) is 6.42 Å². The summed E-state index contributed by atoms with van der Waals surface area (Å²) >= 11 is 0. The summed E-state index contributed by atoms with van der Waals surface area (Å²) in [6.07, 6.45) is -0.626. The Kier molecular flexibility index (Phi) is 4.13. The average molecular weight is 285 g/mol. The van der Waals surface area contributed by atoms with Crippen molar-refractivity contribution in [2.45, 2.75) is 18.6 Å². The van der Waals surface area contributed by atoms with E-state index >= 15 is 0 Å². The molecule has 1 amide bonds. The maximum Gasteiger partial charge on any atom is 0.417 e. The van der Waals surface area contributed by atoms with Gasteiger partial charge in [-0.1, -0.05) is 24.3 Å². The van der Waals surface area contributed by atoms with Crippen LogP contribution in [0.1, 0.15) is 22.3 Å². The second-order valence-corrected chi connectivity index (χ2v) is 4.69. The summed E-state index contributed by atoms with van der Waals surface area (Å²) in [4.78, 5) is 12.0. The van der Waals surface area contributed by atoms with Crippen LogP contribution in [0.5, 0.6) is 0 Å². The van der Waals surface area contributed by atoms with E-state index in [0.717, 1.165) is 12.1 Å². The number of carbonyl (C=O) groups is 1. The summed E-state index contributed by atoms with van der Waals surface area (Å²) in [5.74, 6) is -0.815. The van der Waals surface area contributed by atoms with E-state index in [1.54, 1.807) is 12.2 Å². The van der Waals surface area contributed by atoms with Crippen LogP contribution in [0.4, 0.5) is 13.2 Å². The minimum absolute atomic E-state index is 0.0397. The van der Waals surface area contributed by atoms with Gasteiger partial charge in [-0.15, -0.1) is 0 Å². The molecule has 20 heavy (non-hydrogen) atoms. The molecule has 2 atom stereocenters. The quantitative estimate of drug-likeness (QED) is 0.838. The highest BCUT2D eigenvalue weighted by atomic mass is 19.4. The summed E-state index contributed by atoms with van der Waals surface area (Å²) in [5, 5.41) is 11.5. The normalized spacial score (nSPS) is 22.0. The van der Waals surface area contributed by atoms with Gasteiger partial charge in [0.25, 0.3) is 5.91 Å². The summed E-state index contributed by atoms with van der Waals surface area (Å²) in [6.45, 7) is -0.0397. The average Bonchev–Trinajstić information content (AvgIpc) is 2.85. The van der Waals surface area contributed by atoms with Gasteiger partial charge in [-0.05, 0) is 18.6 Å². The molecule has 1 aliphatic carbocycles. The molecule has 3 nitrogen and oxygen atoms in total. The molecule has 1 aromatic rings. The van der Waals surface area contributed by atoms with Crippen LogP contribution in [-0.4, -0.2) is 23.7 Å². The third-order valence-corrected chi connectivity index (χ3v) is 3.20. The first-order valence-electron chi connectivity index (χ1n) is 6.18. The fraction of sp³-hybridized carbons (Fsp3) is 0.357. The maximum atomic E-state index is 12.8. The monoisotopic (exact) mass is 285 g/mol. The molecule has 0 aromatic heterocycles. The van der Waals surface area contributed by atoms with Crippen molar-refractivity contribution in [1.82, 2.24) is 5.32 Å². The van der Waals surface area contributed by atoms with Crippen LogP contribution < -0.4 is 5.32 Å². The van der Waals surface area contributed by atoms with Crippen LogP contribution in [0.2, 0.25) is 0 Å². The molecule has 0 bridgehead atoms. The topological polar surface area (TPSA) is 49.3 Å². The molecule has 108 valence electrons. The Bertz CT molecular complexity index is 525. The SMILES string of the molecule is O=C(N[C@@H]1C=C[C@H](CO)C1)c1ccccc1C(F)(F)F. The number of rotatable bonds is 3. The van der Waals surface area contributed by atoms with Gasteiger partial charge in [-0.25, -0.2) is 0 Å². The van der Waals surface area contributed by atoms with Crippen molar-refractivity contribution in [2.24, 2.45) is 5.92 Å². The standard InChI is InChI=1S/C14H14F3NO2/c15-14(16,17)12-4-2-1-3-11(12)13(20)18-10-6-5-9(7-10)8-19/h1-6,9-10,19H,7-8H2,(H,18,20)/t9-,10+/m0/s1. The smallest absolute Gasteiger partial charge is 0.396 e. The number of benzene rings is 1. The second kappa shape index (κ2) is 5.66. The summed E-state index contributed by atoms with van der Waals surface area (Å²) in [5.41, 5.74) is -1.33. The van der Waals surface area contributed by atoms with Crippen LogP contribution in [0.25, 0.3) is 0 Å². The fourth-order valence-electron chi connectivity index (χ4n) is 2.19. The van der Waals surface area contributed by atoms with Gasteiger partial charge >= 0.3 is 6.18 Å². The van der Waals surface area contributed by atoms with Gasteiger partial charge in [0, 0.05) is 18.6 Å². The van der Waals surface area contributed by atoms with Crippen molar-refractivity contribution in [3.8, 4) is 0 Å².